The summed E-state index contributed by atoms with van der Waals surface area (Å²) >= 11 is 0. The normalized spacial score (nSPS) is 17.2. The third-order valence-corrected chi connectivity index (χ3v) is 4.50. The monoisotopic (exact) mass is 325 g/mol. The molecule has 0 bridgehead atoms. The summed E-state index contributed by atoms with van der Waals surface area (Å²) in [5.41, 5.74) is 4.26. The number of phenols is 1. The standard InChI is InChI=1S/C21H27NO2/c1-20(2,3)13-11-15(21(4,5)6)18-16(12-13)22-19(24-18)14-9-7-8-10-17(14)23/h7-12,19,22-23H,1-6H3. The number of ether oxygens (including phenoxy) is 1. The van der Waals surface area contributed by atoms with Crippen LogP contribution in [0.2, 0.25) is 0 Å². The van der Waals surface area contributed by atoms with Crippen molar-refractivity contribution in [2.45, 2.75) is 58.6 Å². The largest absolute Gasteiger partial charge is 0.507 e. The van der Waals surface area contributed by atoms with Crippen LogP contribution in [0.4, 0.5) is 5.69 Å². The number of aromatic hydroxyl groups is 1. The minimum absolute atomic E-state index is 0.0271. The van der Waals surface area contributed by atoms with Crippen LogP contribution in [0.5, 0.6) is 11.5 Å². The van der Waals surface area contributed by atoms with Gasteiger partial charge in [-0.1, -0.05) is 59.7 Å². The highest BCUT2D eigenvalue weighted by Crippen LogP contribution is 2.47. The molecule has 0 aromatic heterocycles. The molecule has 3 rings (SSSR count). The molecule has 0 fully saturated rings. The molecular formula is C21H27NO2. The Morgan fingerprint density at radius 2 is 1.62 bits per heavy atom. The molecule has 0 aliphatic carbocycles. The molecule has 0 spiro atoms. The Bertz CT molecular complexity index is 766. The molecular weight excluding hydrogens is 298 g/mol. The summed E-state index contributed by atoms with van der Waals surface area (Å²) in [6, 6.07) is 11.7. The van der Waals surface area contributed by atoms with Crippen molar-refractivity contribution in [2.75, 3.05) is 5.32 Å². The Labute approximate surface area is 144 Å². The summed E-state index contributed by atoms with van der Waals surface area (Å²) in [6.45, 7) is 13.3. The zero-order chi connectivity index (χ0) is 17.7. The number of hydrogen-bond donors (Lipinski definition) is 2. The van der Waals surface area contributed by atoms with Crippen molar-refractivity contribution >= 4 is 5.69 Å². The fraction of sp³-hybridized carbons (Fsp3) is 0.429. The lowest BCUT2D eigenvalue weighted by Gasteiger charge is -2.26. The van der Waals surface area contributed by atoms with Crippen LogP contribution in [0, 0.1) is 0 Å². The van der Waals surface area contributed by atoms with Crippen LogP contribution in [-0.4, -0.2) is 5.11 Å². The number of rotatable bonds is 1. The van der Waals surface area contributed by atoms with Crippen molar-refractivity contribution < 1.29 is 9.84 Å². The smallest absolute Gasteiger partial charge is 0.200 e. The van der Waals surface area contributed by atoms with Crippen molar-refractivity contribution in [3.05, 3.63) is 53.1 Å². The summed E-state index contributed by atoms with van der Waals surface area (Å²) in [7, 11) is 0. The van der Waals surface area contributed by atoms with E-state index in [1.165, 1.54) is 11.1 Å². The maximum absolute atomic E-state index is 10.1. The van der Waals surface area contributed by atoms with Gasteiger partial charge in [0.1, 0.15) is 11.5 Å². The molecule has 0 radical (unpaired) electrons. The summed E-state index contributed by atoms with van der Waals surface area (Å²) in [4.78, 5) is 0. The first-order chi connectivity index (χ1) is 11.1. The Kier molecular flexibility index (Phi) is 3.78. The van der Waals surface area contributed by atoms with Crippen molar-refractivity contribution in [1.82, 2.24) is 0 Å². The molecule has 1 atom stereocenters. The van der Waals surface area contributed by atoms with Gasteiger partial charge in [0.25, 0.3) is 0 Å². The van der Waals surface area contributed by atoms with Gasteiger partial charge in [0, 0.05) is 5.56 Å². The van der Waals surface area contributed by atoms with E-state index in [2.05, 4.69) is 59.0 Å². The number of anilines is 1. The van der Waals surface area contributed by atoms with E-state index in [0.29, 0.717) is 0 Å². The fourth-order valence-corrected chi connectivity index (χ4v) is 2.99. The van der Waals surface area contributed by atoms with Gasteiger partial charge in [-0.05, 0) is 34.6 Å². The zero-order valence-electron chi connectivity index (χ0n) is 15.4. The molecule has 2 aromatic rings. The van der Waals surface area contributed by atoms with E-state index in [0.717, 1.165) is 17.0 Å². The summed E-state index contributed by atoms with van der Waals surface area (Å²) in [5, 5.41) is 13.6. The number of benzene rings is 2. The molecule has 1 aliphatic heterocycles. The van der Waals surface area contributed by atoms with Crippen LogP contribution >= 0.6 is 0 Å². The summed E-state index contributed by atoms with van der Waals surface area (Å²) < 4.78 is 6.23. The second-order valence-electron chi connectivity index (χ2n) is 8.60. The molecule has 3 nitrogen and oxygen atoms in total. The molecule has 0 amide bonds. The van der Waals surface area contributed by atoms with Crippen LogP contribution in [0.15, 0.2) is 36.4 Å². The van der Waals surface area contributed by atoms with Gasteiger partial charge in [-0.25, -0.2) is 0 Å². The Balaban J connectivity index is 2.09. The van der Waals surface area contributed by atoms with Gasteiger partial charge in [-0.3, -0.25) is 0 Å². The van der Waals surface area contributed by atoms with Crippen LogP contribution in [0.25, 0.3) is 0 Å². The first kappa shape index (κ1) is 16.7. The van der Waals surface area contributed by atoms with Crippen molar-refractivity contribution in [3.8, 4) is 11.5 Å². The number of phenolic OH excluding ortho intramolecular Hbond substituents is 1. The molecule has 24 heavy (non-hydrogen) atoms. The maximum Gasteiger partial charge on any atom is 0.200 e. The average Bonchev–Trinajstić information content (AvgIpc) is 2.88. The predicted octanol–water partition coefficient (Wildman–Crippen LogP) is 5.49. The lowest BCUT2D eigenvalue weighted by Crippen LogP contribution is -2.17. The number of fused-ring (bicyclic) bond motifs is 1. The van der Waals surface area contributed by atoms with Gasteiger partial charge in [0.15, 0.2) is 6.23 Å². The van der Waals surface area contributed by atoms with E-state index in [1.807, 2.05) is 18.2 Å². The molecule has 128 valence electrons. The van der Waals surface area contributed by atoms with E-state index in [1.54, 1.807) is 6.07 Å². The van der Waals surface area contributed by atoms with Crippen LogP contribution in [0.1, 0.15) is 64.5 Å². The summed E-state index contributed by atoms with van der Waals surface area (Å²) in [6.07, 6.45) is -0.363. The van der Waals surface area contributed by atoms with Gasteiger partial charge in [0.2, 0.25) is 0 Å². The highest BCUT2D eigenvalue weighted by molar-refractivity contribution is 5.68. The van der Waals surface area contributed by atoms with E-state index >= 15 is 0 Å². The lowest BCUT2D eigenvalue weighted by molar-refractivity contribution is 0.248. The maximum atomic E-state index is 10.1. The molecule has 2 N–H and O–H groups in total. The SMILES string of the molecule is CC(C)(C)c1cc2c(c(C(C)(C)C)c1)OC(c1ccccc1O)N2. The number of hydrogen-bond acceptors (Lipinski definition) is 3. The van der Waals surface area contributed by atoms with Gasteiger partial charge < -0.3 is 15.2 Å². The van der Waals surface area contributed by atoms with E-state index in [4.69, 9.17) is 4.74 Å². The summed E-state index contributed by atoms with van der Waals surface area (Å²) in [5.74, 6) is 1.14. The first-order valence-electron chi connectivity index (χ1n) is 8.47. The minimum Gasteiger partial charge on any atom is -0.507 e. The van der Waals surface area contributed by atoms with Crippen LogP contribution in [-0.2, 0) is 10.8 Å². The number of para-hydroxylation sites is 1. The van der Waals surface area contributed by atoms with E-state index in [9.17, 15) is 5.11 Å². The molecule has 3 heteroatoms. The second-order valence-corrected chi connectivity index (χ2v) is 8.60. The van der Waals surface area contributed by atoms with E-state index < -0.39 is 0 Å². The van der Waals surface area contributed by atoms with Crippen LogP contribution in [0.3, 0.4) is 0 Å². The average molecular weight is 325 g/mol. The second kappa shape index (κ2) is 5.44. The topological polar surface area (TPSA) is 41.5 Å². The van der Waals surface area contributed by atoms with Gasteiger partial charge in [0.05, 0.1) is 11.3 Å². The minimum atomic E-state index is -0.363. The van der Waals surface area contributed by atoms with Gasteiger partial charge in [-0.2, -0.15) is 0 Å². The Morgan fingerprint density at radius 1 is 0.958 bits per heavy atom. The van der Waals surface area contributed by atoms with E-state index in [-0.39, 0.29) is 22.8 Å². The van der Waals surface area contributed by atoms with Crippen LogP contribution < -0.4 is 10.1 Å². The fourth-order valence-electron chi connectivity index (χ4n) is 2.99. The highest BCUT2D eigenvalue weighted by Gasteiger charge is 2.33. The molecule has 1 aliphatic rings. The molecule has 1 unspecified atom stereocenters. The zero-order valence-corrected chi connectivity index (χ0v) is 15.4. The van der Waals surface area contributed by atoms with Gasteiger partial charge in [-0.15, -0.1) is 0 Å². The Morgan fingerprint density at radius 3 is 2.21 bits per heavy atom. The van der Waals surface area contributed by atoms with Crippen molar-refractivity contribution in [3.63, 3.8) is 0 Å². The third-order valence-electron chi connectivity index (χ3n) is 4.50. The molecule has 0 saturated heterocycles. The third kappa shape index (κ3) is 2.95. The molecule has 1 heterocycles. The number of nitrogens with one attached hydrogen (secondary N) is 1. The molecule has 0 saturated carbocycles. The molecule has 2 aromatic carbocycles. The van der Waals surface area contributed by atoms with Crippen molar-refractivity contribution in [2.24, 2.45) is 0 Å². The quantitative estimate of drug-likeness (QED) is 0.728. The van der Waals surface area contributed by atoms with Crippen molar-refractivity contribution in [1.29, 1.82) is 0 Å². The Hall–Kier alpha value is -2.16. The predicted molar refractivity (Wildman–Crippen MR) is 98.9 cm³/mol. The first-order valence-corrected chi connectivity index (χ1v) is 8.47. The lowest BCUT2D eigenvalue weighted by atomic mass is 9.80. The van der Waals surface area contributed by atoms with Gasteiger partial charge >= 0.3 is 0 Å². The highest BCUT2D eigenvalue weighted by atomic mass is 16.5.